The van der Waals surface area contributed by atoms with Crippen molar-refractivity contribution in [2.75, 3.05) is 44.7 Å². The maximum absolute atomic E-state index is 7.05. The molecule has 2 fully saturated rings. The van der Waals surface area contributed by atoms with Gasteiger partial charge in [-0.15, -0.1) is 0 Å². The summed E-state index contributed by atoms with van der Waals surface area (Å²) in [6, 6.07) is 31.5. The van der Waals surface area contributed by atoms with Crippen LogP contribution in [-0.4, -0.2) is 44.7 Å². The van der Waals surface area contributed by atoms with Crippen LogP contribution >= 0.6 is 0 Å². The Bertz CT molecular complexity index is 1510. The zero-order chi connectivity index (χ0) is 26.9. The van der Waals surface area contributed by atoms with Crippen LogP contribution in [0.3, 0.4) is 0 Å². The minimum Gasteiger partial charge on any atom is -0.473 e. The van der Waals surface area contributed by atoms with Crippen LogP contribution in [0.15, 0.2) is 91.0 Å². The molecule has 2 saturated heterocycles. The molecule has 0 bridgehead atoms. The van der Waals surface area contributed by atoms with Gasteiger partial charge in [0.2, 0.25) is 0 Å². The van der Waals surface area contributed by atoms with Gasteiger partial charge in [-0.1, -0.05) is 66.7 Å². The average Bonchev–Trinajstić information content (AvgIpc) is 3.25. The van der Waals surface area contributed by atoms with Gasteiger partial charge in [0.25, 0.3) is 0 Å². The normalized spacial score (nSPS) is 23.4. The molecule has 4 aromatic carbocycles. The third kappa shape index (κ3) is 4.59. The number of benzene rings is 4. The molecule has 4 aromatic rings. The fraction of sp³-hybridized carbons (Fsp3) is 0.333. The van der Waals surface area contributed by atoms with E-state index in [9.17, 15) is 0 Å². The summed E-state index contributed by atoms with van der Waals surface area (Å²) in [4.78, 5) is 5.00. The van der Waals surface area contributed by atoms with E-state index in [1.807, 2.05) is 0 Å². The fourth-order valence-electron chi connectivity index (χ4n) is 6.83. The lowest BCUT2D eigenvalue weighted by molar-refractivity contribution is 0.161. The lowest BCUT2D eigenvalue weighted by Gasteiger charge is -2.37. The molecule has 40 heavy (non-hydrogen) atoms. The Morgan fingerprint density at radius 3 is 2.42 bits per heavy atom. The Kier molecular flexibility index (Phi) is 6.82. The Morgan fingerprint density at radius 1 is 0.800 bits per heavy atom. The van der Waals surface area contributed by atoms with Crippen molar-refractivity contribution >= 4 is 22.5 Å². The van der Waals surface area contributed by atoms with Crippen LogP contribution in [0.25, 0.3) is 16.8 Å². The summed E-state index contributed by atoms with van der Waals surface area (Å²) in [5.74, 6) is 0.932. The van der Waals surface area contributed by atoms with Gasteiger partial charge < -0.3 is 15.0 Å². The fourth-order valence-corrected chi connectivity index (χ4v) is 6.83. The van der Waals surface area contributed by atoms with E-state index in [1.54, 1.807) is 0 Å². The number of piperidine rings is 1. The van der Waals surface area contributed by atoms with Gasteiger partial charge in [-0.05, 0) is 92.5 Å². The van der Waals surface area contributed by atoms with Crippen molar-refractivity contribution in [3.8, 4) is 5.75 Å². The second-order valence-corrected chi connectivity index (χ2v) is 11.6. The van der Waals surface area contributed by atoms with Gasteiger partial charge >= 0.3 is 0 Å². The molecule has 0 aromatic heterocycles. The van der Waals surface area contributed by atoms with Crippen LogP contribution in [-0.2, 0) is 5.60 Å². The van der Waals surface area contributed by atoms with Crippen molar-refractivity contribution < 1.29 is 4.74 Å². The first kappa shape index (κ1) is 25.4. The van der Waals surface area contributed by atoms with E-state index in [2.05, 4.69) is 119 Å². The summed E-state index contributed by atoms with van der Waals surface area (Å²) in [5, 5.41) is 6.12. The van der Waals surface area contributed by atoms with Crippen LogP contribution in [0, 0.1) is 0 Å². The molecule has 1 N–H and O–H groups in total. The van der Waals surface area contributed by atoms with E-state index in [0.717, 1.165) is 55.2 Å². The predicted molar refractivity (Wildman–Crippen MR) is 166 cm³/mol. The molecule has 7 rings (SSSR count). The van der Waals surface area contributed by atoms with Gasteiger partial charge in [0.05, 0.1) is 0 Å². The molecule has 3 aliphatic rings. The second kappa shape index (κ2) is 10.8. The molecule has 0 radical (unpaired) electrons. The number of nitrogens with zero attached hydrogens (tertiary/aromatic N) is 2. The first-order valence-corrected chi connectivity index (χ1v) is 15.0. The first-order valence-electron chi connectivity index (χ1n) is 15.0. The van der Waals surface area contributed by atoms with Crippen LogP contribution in [0.2, 0.25) is 0 Å². The third-order valence-corrected chi connectivity index (χ3v) is 9.14. The van der Waals surface area contributed by atoms with Crippen molar-refractivity contribution in [2.45, 2.75) is 37.3 Å². The number of hydrogen-bond donors (Lipinski definition) is 1. The molecule has 3 aliphatic heterocycles. The molecule has 4 heteroatoms. The molecule has 2 atom stereocenters. The summed E-state index contributed by atoms with van der Waals surface area (Å²) < 4.78 is 7.05. The van der Waals surface area contributed by atoms with Crippen molar-refractivity contribution in [1.82, 2.24) is 10.2 Å². The Labute approximate surface area is 238 Å². The lowest BCUT2D eigenvalue weighted by atomic mass is 9.82. The average molecular weight is 530 g/mol. The number of likely N-dealkylation sites (N-methyl/N-ethyl adjacent to an activating group) is 1. The molecule has 0 spiro atoms. The molecule has 0 aliphatic carbocycles. The zero-order valence-corrected chi connectivity index (χ0v) is 23.5. The van der Waals surface area contributed by atoms with Crippen molar-refractivity contribution in [1.29, 1.82) is 0 Å². The smallest absolute Gasteiger partial charge is 0.178 e. The Hall–Kier alpha value is -3.60. The Morgan fingerprint density at radius 2 is 1.60 bits per heavy atom. The molecule has 2 unspecified atom stereocenters. The standard InChI is InChI=1S/C36H39N3O/c1-38-22-8-21-37-26-34(38)27-11-14-30(15-12-27)36(29-9-4-2-5-10-29)20-19-33-32-17-16-31(39-23-6-3-7-24-39)25-28(32)13-18-35(33)40-36/h2,4-5,9-20,25,34,37H,3,6-8,21-24,26H2,1H3. The second-order valence-electron chi connectivity index (χ2n) is 11.6. The third-order valence-electron chi connectivity index (χ3n) is 9.14. The van der Waals surface area contributed by atoms with Gasteiger partial charge in [0.1, 0.15) is 5.75 Å². The maximum atomic E-state index is 7.05. The van der Waals surface area contributed by atoms with Gasteiger partial charge in [0, 0.05) is 48.1 Å². The topological polar surface area (TPSA) is 27.7 Å². The molecular formula is C36H39N3O. The minimum atomic E-state index is -0.679. The number of fused-ring (bicyclic) bond motifs is 3. The van der Waals surface area contributed by atoms with Gasteiger partial charge in [-0.3, -0.25) is 4.90 Å². The Balaban J connectivity index is 1.26. The molecule has 0 amide bonds. The quantitative estimate of drug-likeness (QED) is 0.304. The highest BCUT2D eigenvalue weighted by Gasteiger charge is 2.37. The molecular weight excluding hydrogens is 490 g/mol. The molecule has 204 valence electrons. The SMILES string of the molecule is CN1CCCNCC1c1ccc(C2(c3ccccc3)C=Cc3c(ccc4cc(N5CCCCC5)ccc34)O2)cc1. The van der Waals surface area contributed by atoms with Crippen LogP contribution in [0.1, 0.15) is 54.0 Å². The van der Waals surface area contributed by atoms with Crippen molar-refractivity contribution in [3.05, 3.63) is 113 Å². The van der Waals surface area contributed by atoms with Crippen molar-refractivity contribution in [2.24, 2.45) is 0 Å². The number of rotatable bonds is 4. The number of anilines is 1. The van der Waals surface area contributed by atoms with E-state index in [0.29, 0.717) is 6.04 Å². The molecule has 3 heterocycles. The minimum absolute atomic E-state index is 0.383. The summed E-state index contributed by atoms with van der Waals surface area (Å²) in [7, 11) is 2.24. The van der Waals surface area contributed by atoms with E-state index in [-0.39, 0.29) is 0 Å². The summed E-state index contributed by atoms with van der Waals surface area (Å²) >= 11 is 0. The highest BCUT2D eigenvalue weighted by Crippen LogP contribution is 2.44. The summed E-state index contributed by atoms with van der Waals surface area (Å²) in [6.45, 7) is 5.50. The summed E-state index contributed by atoms with van der Waals surface area (Å²) in [5.41, 5.74) is 5.45. The predicted octanol–water partition coefficient (Wildman–Crippen LogP) is 7.15. The van der Waals surface area contributed by atoms with Crippen LogP contribution in [0.4, 0.5) is 5.69 Å². The number of nitrogens with one attached hydrogen (secondary N) is 1. The summed E-state index contributed by atoms with van der Waals surface area (Å²) in [6.07, 6.45) is 9.66. The highest BCUT2D eigenvalue weighted by atomic mass is 16.5. The largest absolute Gasteiger partial charge is 0.473 e. The van der Waals surface area contributed by atoms with Gasteiger partial charge in [-0.25, -0.2) is 0 Å². The van der Waals surface area contributed by atoms with E-state index in [1.165, 1.54) is 47.7 Å². The zero-order valence-electron chi connectivity index (χ0n) is 23.5. The van der Waals surface area contributed by atoms with E-state index >= 15 is 0 Å². The monoisotopic (exact) mass is 529 g/mol. The van der Waals surface area contributed by atoms with E-state index < -0.39 is 5.60 Å². The molecule has 0 saturated carbocycles. The van der Waals surface area contributed by atoms with Gasteiger partial charge in [0.15, 0.2) is 5.60 Å². The molecule has 4 nitrogen and oxygen atoms in total. The number of ether oxygens (including phenoxy) is 1. The maximum Gasteiger partial charge on any atom is 0.178 e. The van der Waals surface area contributed by atoms with Crippen molar-refractivity contribution in [3.63, 3.8) is 0 Å². The van der Waals surface area contributed by atoms with E-state index in [4.69, 9.17) is 4.74 Å². The van der Waals surface area contributed by atoms with Crippen LogP contribution < -0.4 is 15.0 Å². The highest BCUT2D eigenvalue weighted by molar-refractivity contribution is 5.95. The lowest BCUT2D eigenvalue weighted by Crippen LogP contribution is -2.34. The van der Waals surface area contributed by atoms with Crippen LogP contribution in [0.5, 0.6) is 5.75 Å². The number of hydrogen-bond acceptors (Lipinski definition) is 4. The first-order chi connectivity index (χ1) is 19.7. The van der Waals surface area contributed by atoms with Gasteiger partial charge in [-0.2, -0.15) is 0 Å².